The first-order valence-electron chi connectivity index (χ1n) is 6.41. The van der Waals surface area contributed by atoms with E-state index in [2.05, 4.69) is 45.4 Å². The zero-order chi connectivity index (χ0) is 13.8. The molecule has 0 bridgehead atoms. The van der Waals surface area contributed by atoms with Crippen molar-refractivity contribution in [2.45, 2.75) is 19.8 Å². The van der Waals surface area contributed by atoms with Crippen molar-refractivity contribution >= 4 is 44.4 Å². The second kappa shape index (κ2) is 6.92. The maximum atomic E-state index is 12.1. The van der Waals surface area contributed by atoms with Gasteiger partial charge in [-0.3, -0.25) is 4.79 Å². The molecule has 1 heterocycles. The lowest BCUT2D eigenvalue weighted by atomic mass is 10.0. The van der Waals surface area contributed by atoms with Crippen molar-refractivity contribution in [3.8, 4) is 5.75 Å². The Balaban J connectivity index is 1.89. The molecule has 0 saturated carbocycles. The molecule has 1 unspecified atom stereocenters. The van der Waals surface area contributed by atoms with Gasteiger partial charge in [-0.2, -0.15) is 0 Å². The van der Waals surface area contributed by atoms with Gasteiger partial charge in [0.05, 0.1) is 0 Å². The molecule has 104 valence electrons. The largest absolute Gasteiger partial charge is 0.484 e. The fraction of sp³-hybridized carbons (Fsp3) is 0.500. The quantitative estimate of drug-likeness (QED) is 0.675. The van der Waals surface area contributed by atoms with Crippen LogP contribution in [0.3, 0.4) is 0 Å². The maximum Gasteiger partial charge on any atom is 0.260 e. The molecule has 0 spiro atoms. The number of rotatable bonds is 3. The summed E-state index contributed by atoms with van der Waals surface area (Å²) < 4.78 is 7.64. The summed E-state index contributed by atoms with van der Waals surface area (Å²) in [7, 11) is 0. The third kappa shape index (κ3) is 4.63. The standard InChI is InChI=1S/C14H17BrINO2/c1-10-3-2-4-17(8-10)14(18)9-19-13-6-11(15)5-12(16)7-13/h5-7,10H,2-4,8-9H2,1H3. The lowest BCUT2D eigenvalue weighted by Gasteiger charge is -2.30. The monoisotopic (exact) mass is 437 g/mol. The normalized spacial score (nSPS) is 19.3. The summed E-state index contributed by atoms with van der Waals surface area (Å²) in [4.78, 5) is 14.0. The molecule has 0 N–H and O–H groups in total. The Labute approximate surface area is 136 Å². The first-order valence-corrected chi connectivity index (χ1v) is 8.28. The second-order valence-corrected chi connectivity index (χ2v) is 7.14. The summed E-state index contributed by atoms with van der Waals surface area (Å²) in [6.07, 6.45) is 2.32. The van der Waals surface area contributed by atoms with Gasteiger partial charge in [-0.25, -0.2) is 0 Å². The van der Waals surface area contributed by atoms with Crippen molar-refractivity contribution in [1.82, 2.24) is 4.90 Å². The zero-order valence-corrected chi connectivity index (χ0v) is 14.6. The third-order valence-corrected chi connectivity index (χ3v) is 4.29. The molecule has 1 aliphatic rings. The molecule has 1 atom stereocenters. The van der Waals surface area contributed by atoms with Crippen molar-refractivity contribution in [3.05, 3.63) is 26.2 Å². The Kier molecular flexibility index (Phi) is 5.50. The van der Waals surface area contributed by atoms with Crippen LogP contribution >= 0.6 is 38.5 Å². The van der Waals surface area contributed by atoms with Gasteiger partial charge in [-0.1, -0.05) is 22.9 Å². The van der Waals surface area contributed by atoms with Crippen LogP contribution < -0.4 is 4.74 Å². The number of hydrogen-bond acceptors (Lipinski definition) is 2. The van der Waals surface area contributed by atoms with E-state index in [1.807, 2.05) is 23.1 Å². The van der Waals surface area contributed by atoms with E-state index in [-0.39, 0.29) is 12.5 Å². The average molecular weight is 438 g/mol. The van der Waals surface area contributed by atoms with Gasteiger partial charge in [-0.15, -0.1) is 0 Å². The van der Waals surface area contributed by atoms with Gasteiger partial charge >= 0.3 is 0 Å². The molecule has 0 aliphatic carbocycles. The highest BCUT2D eigenvalue weighted by Crippen LogP contribution is 2.23. The van der Waals surface area contributed by atoms with Crippen LogP contribution in [0, 0.1) is 9.49 Å². The van der Waals surface area contributed by atoms with E-state index in [9.17, 15) is 4.79 Å². The van der Waals surface area contributed by atoms with Crippen LogP contribution in [0.1, 0.15) is 19.8 Å². The zero-order valence-electron chi connectivity index (χ0n) is 10.9. The van der Waals surface area contributed by atoms with Crippen LogP contribution in [0.4, 0.5) is 0 Å². The number of hydrogen-bond donors (Lipinski definition) is 0. The number of ether oxygens (including phenoxy) is 1. The molecule has 1 fully saturated rings. The average Bonchev–Trinajstić information content (AvgIpc) is 2.35. The van der Waals surface area contributed by atoms with Crippen molar-refractivity contribution in [1.29, 1.82) is 0 Å². The predicted octanol–water partition coefficient (Wildman–Crippen LogP) is 3.69. The number of amides is 1. The van der Waals surface area contributed by atoms with Gasteiger partial charge in [0.15, 0.2) is 6.61 Å². The molecule has 0 aromatic heterocycles. The number of carbonyl (C=O) groups is 1. The lowest BCUT2D eigenvalue weighted by Crippen LogP contribution is -2.41. The molecular weight excluding hydrogens is 421 g/mol. The summed E-state index contributed by atoms with van der Waals surface area (Å²) in [5.74, 6) is 1.42. The highest BCUT2D eigenvalue weighted by Gasteiger charge is 2.21. The highest BCUT2D eigenvalue weighted by molar-refractivity contribution is 14.1. The van der Waals surface area contributed by atoms with Gasteiger partial charge in [0.25, 0.3) is 5.91 Å². The topological polar surface area (TPSA) is 29.5 Å². The summed E-state index contributed by atoms with van der Waals surface area (Å²) in [5, 5.41) is 0. The Morgan fingerprint density at radius 3 is 3.00 bits per heavy atom. The molecule has 3 nitrogen and oxygen atoms in total. The van der Waals surface area contributed by atoms with Gasteiger partial charge < -0.3 is 9.64 Å². The van der Waals surface area contributed by atoms with E-state index < -0.39 is 0 Å². The van der Waals surface area contributed by atoms with Gasteiger partial charge in [0.1, 0.15) is 5.75 Å². The minimum Gasteiger partial charge on any atom is -0.484 e. The number of likely N-dealkylation sites (tertiary alicyclic amines) is 1. The fourth-order valence-electron chi connectivity index (χ4n) is 2.26. The first kappa shape index (κ1) is 15.1. The highest BCUT2D eigenvalue weighted by atomic mass is 127. The SMILES string of the molecule is CC1CCCN(C(=O)COc2cc(Br)cc(I)c2)C1. The number of benzene rings is 1. The van der Waals surface area contributed by atoms with Crippen LogP contribution in [-0.2, 0) is 4.79 Å². The van der Waals surface area contributed by atoms with E-state index in [1.165, 1.54) is 6.42 Å². The Hall–Kier alpha value is -0.300. The van der Waals surface area contributed by atoms with Crippen LogP contribution in [0.15, 0.2) is 22.7 Å². The van der Waals surface area contributed by atoms with Crippen LogP contribution in [0.2, 0.25) is 0 Å². The third-order valence-electron chi connectivity index (χ3n) is 3.21. The smallest absolute Gasteiger partial charge is 0.260 e. The second-order valence-electron chi connectivity index (χ2n) is 4.98. The minimum absolute atomic E-state index is 0.0848. The molecule has 1 amide bonds. The Morgan fingerprint density at radius 1 is 1.53 bits per heavy atom. The van der Waals surface area contributed by atoms with E-state index >= 15 is 0 Å². The van der Waals surface area contributed by atoms with E-state index in [0.717, 1.165) is 33.3 Å². The van der Waals surface area contributed by atoms with Gasteiger partial charge in [0.2, 0.25) is 0 Å². The van der Waals surface area contributed by atoms with Crippen molar-refractivity contribution < 1.29 is 9.53 Å². The van der Waals surface area contributed by atoms with E-state index in [0.29, 0.717) is 5.92 Å². The molecule has 1 saturated heterocycles. The summed E-state index contributed by atoms with van der Waals surface area (Å²) in [5.41, 5.74) is 0. The summed E-state index contributed by atoms with van der Waals surface area (Å²) in [6.45, 7) is 4.04. The molecule has 1 aromatic carbocycles. The Morgan fingerprint density at radius 2 is 2.32 bits per heavy atom. The maximum absolute atomic E-state index is 12.1. The molecular formula is C14H17BrINO2. The molecule has 19 heavy (non-hydrogen) atoms. The molecule has 5 heteroatoms. The van der Waals surface area contributed by atoms with E-state index in [4.69, 9.17) is 4.74 Å². The molecule has 2 rings (SSSR count). The van der Waals surface area contributed by atoms with Crippen LogP contribution in [0.25, 0.3) is 0 Å². The first-order chi connectivity index (χ1) is 9.04. The number of nitrogens with zero attached hydrogens (tertiary/aromatic N) is 1. The molecule has 1 aromatic rings. The van der Waals surface area contributed by atoms with Crippen LogP contribution in [-0.4, -0.2) is 30.5 Å². The number of carbonyl (C=O) groups excluding carboxylic acids is 1. The molecule has 1 aliphatic heterocycles. The van der Waals surface area contributed by atoms with E-state index in [1.54, 1.807) is 0 Å². The van der Waals surface area contributed by atoms with Crippen LogP contribution in [0.5, 0.6) is 5.75 Å². The van der Waals surface area contributed by atoms with Crippen molar-refractivity contribution in [2.24, 2.45) is 5.92 Å². The predicted molar refractivity (Wildman–Crippen MR) is 87.3 cm³/mol. The van der Waals surface area contributed by atoms with Gasteiger partial charge in [0, 0.05) is 21.1 Å². The minimum atomic E-state index is 0.0848. The molecule has 0 radical (unpaired) electrons. The summed E-state index contributed by atoms with van der Waals surface area (Å²) in [6, 6.07) is 5.81. The Bertz CT molecular complexity index is 447. The number of piperidine rings is 1. The fourth-order valence-corrected chi connectivity index (χ4v) is 3.81. The van der Waals surface area contributed by atoms with Crippen molar-refractivity contribution in [3.63, 3.8) is 0 Å². The van der Waals surface area contributed by atoms with Gasteiger partial charge in [-0.05, 0) is 59.5 Å². The number of halogens is 2. The van der Waals surface area contributed by atoms with Crippen molar-refractivity contribution in [2.75, 3.05) is 19.7 Å². The summed E-state index contributed by atoms with van der Waals surface area (Å²) >= 11 is 5.65. The lowest BCUT2D eigenvalue weighted by molar-refractivity contribution is -0.135.